The van der Waals surface area contributed by atoms with Crippen molar-refractivity contribution in [1.29, 1.82) is 0 Å². The topological polar surface area (TPSA) is 22.0 Å². The van der Waals surface area contributed by atoms with Gasteiger partial charge in [-0.2, -0.15) is 11.8 Å². The fourth-order valence-electron chi connectivity index (χ4n) is 2.16. The summed E-state index contributed by atoms with van der Waals surface area (Å²) in [4.78, 5) is 10.8. The number of hydrogen-bond acceptors (Lipinski definition) is 2. The van der Waals surface area contributed by atoms with Crippen LogP contribution in [-0.2, 0) is 6.54 Å². The van der Waals surface area contributed by atoms with Gasteiger partial charge in [0.05, 0.1) is 0 Å². The summed E-state index contributed by atoms with van der Waals surface area (Å²) in [6.45, 7) is 5.16. The van der Waals surface area contributed by atoms with E-state index in [-0.39, 0.29) is 0 Å². The highest BCUT2D eigenvalue weighted by Crippen LogP contribution is 2.15. The molecule has 0 aliphatic rings. The molecule has 0 spiro atoms. The van der Waals surface area contributed by atoms with Crippen molar-refractivity contribution >= 4 is 18.0 Å². The van der Waals surface area contributed by atoms with Gasteiger partial charge in [-0.25, -0.2) is 0 Å². The van der Waals surface area contributed by atoms with E-state index in [9.17, 15) is 4.79 Å². The lowest BCUT2D eigenvalue weighted by Gasteiger charge is -2.09. The molecule has 1 heterocycles. The molecular formula is C14H23NOS. The first-order valence-electron chi connectivity index (χ1n) is 6.31. The van der Waals surface area contributed by atoms with Crippen LogP contribution in [0.4, 0.5) is 0 Å². The Kier molecular flexibility index (Phi) is 6.41. The second kappa shape index (κ2) is 7.59. The molecule has 0 unspecified atom stereocenters. The molecule has 3 heteroatoms. The third-order valence-electron chi connectivity index (χ3n) is 3.22. The van der Waals surface area contributed by atoms with Gasteiger partial charge in [0, 0.05) is 23.5 Å². The average molecular weight is 253 g/mol. The second-order valence-corrected chi connectivity index (χ2v) is 5.49. The molecular weight excluding hydrogens is 230 g/mol. The first kappa shape index (κ1) is 14.4. The Morgan fingerprint density at radius 2 is 1.94 bits per heavy atom. The molecule has 0 radical (unpaired) electrons. The maximum Gasteiger partial charge on any atom is 0.151 e. The van der Waals surface area contributed by atoms with Crippen LogP contribution >= 0.6 is 11.8 Å². The van der Waals surface area contributed by atoms with Crippen LogP contribution in [0.5, 0.6) is 0 Å². The average Bonchev–Trinajstić information content (AvgIpc) is 2.60. The third-order valence-corrected chi connectivity index (χ3v) is 3.92. The third kappa shape index (κ3) is 4.23. The molecule has 1 rings (SSSR count). The lowest BCUT2D eigenvalue weighted by atomic mass is 10.2. The number of hydrogen-bond donors (Lipinski definition) is 0. The van der Waals surface area contributed by atoms with Gasteiger partial charge in [-0.15, -0.1) is 0 Å². The number of nitrogens with zero attached hydrogens (tertiary/aromatic N) is 1. The van der Waals surface area contributed by atoms with Gasteiger partial charge in [0.15, 0.2) is 6.29 Å². The Morgan fingerprint density at radius 3 is 2.53 bits per heavy atom. The summed E-state index contributed by atoms with van der Waals surface area (Å²) in [5.41, 5.74) is 3.15. The van der Waals surface area contributed by atoms with E-state index in [0.717, 1.165) is 24.1 Å². The van der Waals surface area contributed by atoms with Gasteiger partial charge >= 0.3 is 0 Å². The Labute approximate surface area is 109 Å². The monoisotopic (exact) mass is 253 g/mol. The molecule has 0 aromatic carbocycles. The van der Waals surface area contributed by atoms with Crippen LogP contribution in [0.2, 0.25) is 0 Å². The van der Waals surface area contributed by atoms with Gasteiger partial charge in [-0.1, -0.05) is 12.8 Å². The Balaban J connectivity index is 2.36. The van der Waals surface area contributed by atoms with Crippen molar-refractivity contribution in [2.24, 2.45) is 0 Å². The van der Waals surface area contributed by atoms with Crippen molar-refractivity contribution in [2.75, 3.05) is 12.0 Å². The van der Waals surface area contributed by atoms with Crippen LogP contribution < -0.4 is 0 Å². The van der Waals surface area contributed by atoms with Crippen LogP contribution in [0.1, 0.15) is 47.4 Å². The zero-order valence-electron chi connectivity index (χ0n) is 11.2. The number of rotatable bonds is 8. The lowest BCUT2D eigenvalue weighted by molar-refractivity contribution is 0.112. The van der Waals surface area contributed by atoms with E-state index in [4.69, 9.17) is 0 Å². The number of carbonyl (C=O) groups excluding carboxylic acids is 1. The Bertz CT molecular complexity index is 357. The standard InChI is InChI=1S/C14H23NOS/c1-12-10-14(11-16)13(2)15(12)8-6-4-5-7-9-17-3/h10-11H,4-9H2,1-3H3. The van der Waals surface area contributed by atoms with Crippen LogP contribution in [0.15, 0.2) is 6.07 Å². The number of thioether (sulfide) groups is 1. The molecule has 0 aliphatic carbocycles. The molecule has 2 nitrogen and oxygen atoms in total. The predicted molar refractivity (Wildman–Crippen MR) is 76.1 cm³/mol. The fourth-order valence-corrected chi connectivity index (χ4v) is 2.65. The van der Waals surface area contributed by atoms with E-state index in [0.29, 0.717) is 0 Å². The van der Waals surface area contributed by atoms with Crippen molar-refractivity contribution < 1.29 is 4.79 Å². The molecule has 0 bridgehead atoms. The van der Waals surface area contributed by atoms with Crippen molar-refractivity contribution in [3.63, 3.8) is 0 Å². The number of aromatic nitrogens is 1. The molecule has 1 aromatic heterocycles. The van der Waals surface area contributed by atoms with Gasteiger partial charge in [0.2, 0.25) is 0 Å². The first-order valence-corrected chi connectivity index (χ1v) is 7.71. The zero-order valence-corrected chi connectivity index (χ0v) is 12.0. The van der Waals surface area contributed by atoms with Gasteiger partial charge in [-0.05, 0) is 44.8 Å². The SMILES string of the molecule is CSCCCCCCn1c(C)cc(C=O)c1C. The highest BCUT2D eigenvalue weighted by molar-refractivity contribution is 7.98. The van der Waals surface area contributed by atoms with Gasteiger partial charge in [0.1, 0.15) is 0 Å². The van der Waals surface area contributed by atoms with E-state index in [2.05, 4.69) is 17.7 Å². The lowest BCUT2D eigenvalue weighted by Crippen LogP contribution is -2.03. The summed E-state index contributed by atoms with van der Waals surface area (Å²) in [5, 5.41) is 0. The maximum absolute atomic E-state index is 10.8. The minimum absolute atomic E-state index is 0.838. The molecule has 17 heavy (non-hydrogen) atoms. The number of carbonyl (C=O) groups is 1. The quantitative estimate of drug-likeness (QED) is 0.518. The normalized spacial score (nSPS) is 10.8. The van der Waals surface area contributed by atoms with Crippen molar-refractivity contribution in [1.82, 2.24) is 4.57 Å². The second-order valence-electron chi connectivity index (χ2n) is 4.50. The summed E-state index contributed by atoms with van der Waals surface area (Å²) in [6.07, 6.45) is 8.26. The summed E-state index contributed by atoms with van der Waals surface area (Å²) in [6, 6.07) is 1.98. The van der Waals surface area contributed by atoms with E-state index < -0.39 is 0 Å². The van der Waals surface area contributed by atoms with E-state index in [1.165, 1.54) is 37.1 Å². The van der Waals surface area contributed by atoms with Gasteiger partial charge in [0.25, 0.3) is 0 Å². The molecule has 0 saturated heterocycles. The molecule has 0 N–H and O–H groups in total. The predicted octanol–water partition coefficient (Wildman–Crippen LogP) is 3.84. The molecule has 96 valence electrons. The molecule has 0 atom stereocenters. The zero-order chi connectivity index (χ0) is 12.7. The van der Waals surface area contributed by atoms with Crippen LogP contribution in [0.3, 0.4) is 0 Å². The molecule has 0 amide bonds. The van der Waals surface area contributed by atoms with Gasteiger partial charge < -0.3 is 4.57 Å². The number of unbranched alkanes of at least 4 members (excludes halogenated alkanes) is 3. The Hall–Kier alpha value is -0.700. The number of aryl methyl sites for hydroxylation is 1. The fraction of sp³-hybridized carbons (Fsp3) is 0.643. The van der Waals surface area contributed by atoms with E-state index in [1.807, 2.05) is 24.8 Å². The van der Waals surface area contributed by atoms with Crippen LogP contribution in [-0.4, -0.2) is 22.9 Å². The van der Waals surface area contributed by atoms with E-state index in [1.54, 1.807) is 0 Å². The van der Waals surface area contributed by atoms with Crippen LogP contribution in [0.25, 0.3) is 0 Å². The highest BCUT2D eigenvalue weighted by atomic mass is 32.2. The van der Waals surface area contributed by atoms with Crippen molar-refractivity contribution in [3.8, 4) is 0 Å². The molecule has 0 fully saturated rings. The molecule has 1 aromatic rings. The molecule has 0 saturated carbocycles. The van der Waals surface area contributed by atoms with Gasteiger partial charge in [-0.3, -0.25) is 4.79 Å². The Morgan fingerprint density at radius 1 is 1.24 bits per heavy atom. The summed E-state index contributed by atoms with van der Waals surface area (Å²) >= 11 is 1.92. The number of aldehydes is 1. The van der Waals surface area contributed by atoms with E-state index >= 15 is 0 Å². The minimum atomic E-state index is 0.838. The largest absolute Gasteiger partial charge is 0.348 e. The van der Waals surface area contributed by atoms with Crippen molar-refractivity contribution in [2.45, 2.75) is 46.1 Å². The minimum Gasteiger partial charge on any atom is -0.348 e. The maximum atomic E-state index is 10.8. The molecule has 0 aliphatic heterocycles. The van der Waals surface area contributed by atoms with Crippen molar-refractivity contribution in [3.05, 3.63) is 23.0 Å². The summed E-state index contributed by atoms with van der Waals surface area (Å²) in [5.74, 6) is 1.27. The summed E-state index contributed by atoms with van der Waals surface area (Å²) in [7, 11) is 0. The summed E-state index contributed by atoms with van der Waals surface area (Å²) < 4.78 is 2.26. The smallest absolute Gasteiger partial charge is 0.151 e. The van der Waals surface area contributed by atoms with Crippen LogP contribution in [0, 0.1) is 13.8 Å². The highest BCUT2D eigenvalue weighted by Gasteiger charge is 2.07. The first-order chi connectivity index (χ1) is 8.20.